The number of hydrogen-bond donors (Lipinski definition) is 1. The smallest absolute Gasteiger partial charge is 0.0312 e. The van der Waals surface area contributed by atoms with Gasteiger partial charge in [0.1, 0.15) is 0 Å². The first-order valence-corrected chi connectivity index (χ1v) is 6.23. The van der Waals surface area contributed by atoms with Crippen LogP contribution in [0.25, 0.3) is 0 Å². The van der Waals surface area contributed by atoms with Crippen molar-refractivity contribution in [2.45, 2.75) is 25.8 Å². The van der Waals surface area contributed by atoms with Crippen molar-refractivity contribution in [2.75, 3.05) is 0 Å². The lowest BCUT2D eigenvalue weighted by Gasteiger charge is -2.11. The van der Waals surface area contributed by atoms with Crippen molar-refractivity contribution in [3.63, 3.8) is 0 Å². The van der Waals surface area contributed by atoms with Crippen molar-refractivity contribution in [2.24, 2.45) is 5.73 Å². The van der Waals surface area contributed by atoms with E-state index in [4.69, 9.17) is 5.73 Å². The van der Waals surface area contributed by atoms with Crippen molar-refractivity contribution in [3.8, 4) is 0 Å². The highest BCUT2D eigenvalue weighted by molar-refractivity contribution is 14.1. The van der Waals surface area contributed by atoms with Gasteiger partial charge in [-0.1, -0.05) is 19.4 Å². The fourth-order valence-corrected chi connectivity index (χ4v) is 1.95. The summed E-state index contributed by atoms with van der Waals surface area (Å²) < 4.78 is 2.36. The summed E-state index contributed by atoms with van der Waals surface area (Å²) in [5.41, 5.74) is 7.22. The van der Waals surface area contributed by atoms with Gasteiger partial charge < -0.3 is 5.73 Å². The molecular weight excluding hydrogens is 341 g/mol. The SMILES string of the molecule is CCCC(N)c1ccc(I)c(Br)c1. The number of halogens is 2. The third kappa shape index (κ3) is 3.22. The number of rotatable bonds is 3. The number of nitrogens with two attached hydrogens (primary N) is 1. The maximum absolute atomic E-state index is 6.00. The zero-order valence-corrected chi connectivity index (χ0v) is 11.3. The largest absolute Gasteiger partial charge is 0.324 e. The van der Waals surface area contributed by atoms with Gasteiger partial charge in [0.05, 0.1) is 0 Å². The van der Waals surface area contributed by atoms with E-state index in [2.05, 4.69) is 63.6 Å². The zero-order valence-electron chi connectivity index (χ0n) is 7.56. The summed E-state index contributed by atoms with van der Waals surface area (Å²) in [7, 11) is 0. The van der Waals surface area contributed by atoms with E-state index in [0.717, 1.165) is 17.3 Å². The second-order valence-corrected chi connectivity index (χ2v) is 5.09. The molecule has 0 fully saturated rings. The summed E-state index contributed by atoms with van der Waals surface area (Å²) in [6, 6.07) is 6.49. The van der Waals surface area contributed by atoms with Crippen LogP contribution in [0.3, 0.4) is 0 Å². The molecule has 1 atom stereocenters. The Balaban J connectivity index is 2.84. The Labute approximate surface area is 101 Å². The van der Waals surface area contributed by atoms with Crippen LogP contribution in [-0.4, -0.2) is 0 Å². The van der Waals surface area contributed by atoms with Gasteiger partial charge in [-0.3, -0.25) is 0 Å². The highest BCUT2D eigenvalue weighted by Gasteiger charge is 2.05. The van der Waals surface area contributed by atoms with Crippen LogP contribution < -0.4 is 5.73 Å². The molecule has 0 spiro atoms. The van der Waals surface area contributed by atoms with Crippen molar-refractivity contribution >= 4 is 38.5 Å². The molecule has 0 aliphatic carbocycles. The van der Waals surface area contributed by atoms with Gasteiger partial charge in [-0.15, -0.1) is 0 Å². The van der Waals surface area contributed by atoms with Crippen molar-refractivity contribution in [3.05, 3.63) is 31.8 Å². The monoisotopic (exact) mass is 353 g/mol. The first kappa shape index (κ1) is 11.5. The van der Waals surface area contributed by atoms with Crippen LogP contribution in [-0.2, 0) is 0 Å². The third-order valence-electron chi connectivity index (χ3n) is 1.97. The molecule has 1 unspecified atom stereocenters. The molecule has 3 heteroatoms. The number of hydrogen-bond acceptors (Lipinski definition) is 1. The lowest BCUT2D eigenvalue weighted by atomic mass is 10.0. The van der Waals surface area contributed by atoms with Gasteiger partial charge in [0.2, 0.25) is 0 Å². The van der Waals surface area contributed by atoms with E-state index in [-0.39, 0.29) is 6.04 Å². The molecule has 1 nitrogen and oxygen atoms in total. The van der Waals surface area contributed by atoms with Gasteiger partial charge in [-0.25, -0.2) is 0 Å². The maximum Gasteiger partial charge on any atom is 0.0312 e. The first-order chi connectivity index (χ1) is 6.15. The molecular formula is C10H13BrIN. The predicted octanol–water partition coefficient (Wildman–Crippen LogP) is 3.85. The van der Waals surface area contributed by atoms with Crippen molar-refractivity contribution in [1.29, 1.82) is 0 Å². The molecule has 2 N–H and O–H groups in total. The molecule has 0 amide bonds. The molecule has 1 aromatic rings. The van der Waals surface area contributed by atoms with Gasteiger partial charge in [-0.05, 0) is 62.6 Å². The zero-order chi connectivity index (χ0) is 9.84. The topological polar surface area (TPSA) is 26.0 Å². The normalized spacial score (nSPS) is 12.9. The van der Waals surface area contributed by atoms with Crippen LogP contribution in [0.1, 0.15) is 31.4 Å². The summed E-state index contributed by atoms with van der Waals surface area (Å²) in [5.74, 6) is 0. The molecule has 0 heterocycles. The van der Waals surface area contributed by atoms with E-state index in [1.165, 1.54) is 9.13 Å². The number of benzene rings is 1. The summed E-state index contributed by atoms with van der Waals surface area (Å²) in [5, 5.41) is 0. The van der Waals surface area contributed by atoms with Crippen LogP contribution in [0, 0.1) is 3.57 Å². The second kappa shape index (κ2) is 5.32. The van der Waals surface area contributed by atoms with Gasteiger partial charge in [0, 0.05) is 14.1 Å². The minimum absolute atomic E-state index is 0.179. The minimum atomic E-state index is 0.179. The van der Waals surface area contributed by atoms with Gasteiger partial charge >= 0.3 is 0 Å². The van der Waals surface area contributed by atoms with E-state index in [9.17, 15) is 0 Å². The Bertz CT molecular complexity index is 288. The molecule has 0 saturated heterocycles. The van der Waals surface area contributed by atoms with Crippen LogP contribution in [0.2, 0.25) is 0 Å². The fraction of sp³-hybridized carbons (Fsp3) is 0.400. The molecule has 13 heavy (non-hydrogen) atoms. The van der Waals surface area contributed by atoms with Crippen LogP contribution in [0.5, 0.6) is 0 Å². The van der Waals surface area contributed by atoms with E-state index in [0.29, 0.717) is 0 Å². The average Bonchev–Trinajstić information content (AvgIpc) is 2.10. The average molecular weight is 354 g/mol. The Morgan fingerprint density at radius 3 is 2.77 bits per heavy atom. The Hall–Kier alpha value is 0.390. The molecule has 0 aromatic heterocycles. The predicted molar refractivity (Wildman–Crippen MR) is 68.7 cm³/mol. The van der Waals surface area contributed by atoms with Gasteiger partial charge in [-0.2, -0.15) is 0 Å². The molecule has 1 rings (SSSR count). The van der Waals surface area contributed by atoms with E-state index in [1.54, 1.807) is 0 Å². The third-order valence-corrected chi connectivity index (χ3v) is 4.31. The van der Waals surface area contributed by atoms with Crippen LogP contribution in [0.15, 0.2) is 22.7 Å². The highest BCUT2D eigenvalue weighted by atomic mass is 127. The molecule has 0 aliphatic rings. The van der Waals surface area contributed by atoms with Crippen molar-refractivity contribution in [1.82, 2.24) is 0 Å². The molecule has 1 aromatic carbocycles. The van der Waals surface area contributed by atoms with Crippen molar-refractivity contribution < 1.29 is 0 Å². The quantitative estimate of drug-likeness (QED) is 0.820. The molecule has 0 radical (unpaired) electrons. The van der Waals surface area contributed by atoms with E-state index >= 15 is 0 Å². The molecule has 0 aliphatic heterocycles. The Morgan fingerprint density at radius 1 is 1.54 bits per heavy atom. The van der Waals surface area contributed by atoms with E-state index < -0.39 is 0 Å². The first-order valence-electron chi connectivity index (χ1n) is 4.35. The van der Waals surface area contributed by atoms with E-state index in [1.807, 2.05) is 0 Å². The molecule has 0 bridgehead atoms. The lowest BCUT2D eigenvalue weighted by molar-refractivity contribution is 0.638. The maximum atomic E-state index is 6.00. The second-order valence-electron chi connectivity index (χ2n) is 3.07. The van der Waals surface area contributed by atoms with Crippen LogP contribution in [0.4, 0.5) is 0 Å². The summed E-state index contributed by atoms with van der Waals surface area (Å²) >= 11 is 5.80. The lowest BCUT2D eigenvalue weighted by Crippen LogP contribution is -2.09. The van der Waals surface area contributed by atoms with Crippen LogP contribution >= 0.6 is 38.5 Å². The Kier molecular flexibility index (Phi) is 4.69. The standard InChI is InChI=1S/C10H13BrIN/c1-2-3-10(13)7-4-5-9(12)8(11)6-7/h4-6,10H,2-3,13H2,1H3. The molecule has 0 saturated carbocycles. The van der Waals surface area contributed by atoms with Gasteiger partial charge in [0.25, 0.3) is 0 Å². The molecule has 72 valence electrons. The highest BCUT2D eigenvalue weighted by Crippen LogP contribution is 2.24. The summed E-state index contributed by atoms with van der Waals surface area (Å²) in [4.78, 5) is 0. The summed E-state index contributed by atoms with van der Waals surface area (Å²) in [6.45, 7) is 2.15. The summed E-state index contributed by atoms with van der Waals surface area (Å²) in [6.07, 6.45) is 2.18. The van der Waals surface area contributed by atoms with Gasteiger partial charge in [0.15, 0.2) is 0 Å². The minimum Gasteiger partial charge on any atom is -0.324 e. The fourth-order valence-electron chi connectivity index (χ4n) is 1.22. The Morgan fingerprint density at radius 2 is 2.23 bits per heavy atom.